The molecule has 0 unspecified atom stereocenters. The summed E-state index contributed by atoms with van der Waals surface area (Å²) in [6.45, 7) is 31.0. The third kappa shape index (κ3) is 18.0. The van der Waals surface area contributed by atoms with Crippen LogP contribution in [0.1, 0.15) is 123 Å². The van der Waals surface area contributed by atoms with Crippen LogP contribution in [0.4, 0.5) is 0 Å². The van der Waals surface area contributed by atoms with Crippen molar-refractivity contribution in [2.45, 2.75) is 120 Å². The molecular weight excluding hydrogens is 461 g/mol. The van der Waals surface area contributed by atoms with Gasteiger partial charge in [-0.05, 0) is 45.2 Å². The summed E-state index contributed by atoms with van der Waals surface area (Å²) in [5, 5.41) is 1.98. The second kappa shape index (κ2) is 19.3. The third-order valence-electron chi connectivity index (χ3n) is 3.29. The van der Waals surface area contributed by atoms with E-state index >= 15 is 0 Å². The Hall–Kier alpha value is -1.04. The molecule has 0 N–H and O–H groups in total. The second-order valence-corrected chi connectivity index (χ2v) is 11.8. The maximum absolute atomic E-state index is 7.52. The highest BCUT2D eigenvalue weighted by molar-refractivity contribution is 7.10. The standard InChI is InChI=1S/C8H12S.2C7H11NS.3C2H6/c1-8(2,3)7-5-4-6-9-7;1-7(2,3)6-4-8-5-9-6;1-7(2,3)6-4-5-8-9-6;3*1-2/h4-6H,1-3H3;2*4-5H,1-3H3;3*1-2H3/i5D;2*4D;;;. The van der Waals surface area contributed by atoms with E-state index in [0.29, 0.717) is 18.3 Å². The molecule has 0 aromatic carbocycles. The van der Waals surface area contributed by atoms with Gasteiger partial charge in [0.05, 0.1) is 9.62 Å². The van der Waals surface area contributed by atoms with Crippen LogP contribution in [0.2, 0.25) is 0 Å². The first kappa shape index (κ1) is 30.0. The maximum Gasteiger partial charge on any atom is 0.0852 e. The number of thiazole rings is 1. The van der Waals surface area contributed by atoms with Crippen LogP contribution in [0.5, 0.6) is 0 Å². The van der Waals surface area contributed by atoms with E-state index in [0.717, 1.165) is 9.75 Å². The van der Waals surface area contributed by atoms with E-state index in [1.54, 1.807) is 34.4 Å². The number of rotatable bonds is 0. The Morgan fingerprint density at radius 1 is 0.667 bits per heavy atom. The summed E-state index contributed by atoms with van der Waals surface area (Å²) < 4.78 is 26.3. The lowest BCUT2D eigenvalue weighted by atomic mass is 9.95. The molecule has 0 bridgehead atoms. The molecule has 0 radical (unpaired) electrons. The van der Waals surface area contributed by atoms with Gasteiger partial charge in [-0.25, -0.2) is 4.37 Å². The van der Waals surface area contributed by atoms with Gasteiger partial charge in [0.25, 0.3) is 0 Å². The van der Waals surface area contributed by atoms with Crippen molar-refractivity contribution in [3.8, 4) is 0 Å². The van der Waals surface area contributed by atoms with E-state index in [-0.39, 0.29) is 16.2 Å². The summed E-state index contributed by atoms with van der Waals surface area (Å²) in [7, 11) is 0. The molecule has 3 aromatic rings. The van der Waals surface area contributed by atoms with Crippen LogP contribution >= 0.6 is 34.2 Å². The van der Waals surface area contributed by atoms with Gasteiger partial charge >= 0.3 is 0 Å². The van der Waals surface area contributed by atoms with Gasteiger partial charge in [-0.3, -0.25) is 4.98 Å². The lowest BCUT2D eigenvalue weighted by Crippen LogP contribution is -2.07. The Kier molecular flexibility index (Phi) is 17.5. The largest absolute Gasteiger partial charge is 0.253 e. The van der Waals surface area contributed by atoms with Crippen LogP contribution in [0.3, 0.4) is 0 Å². The molecule has 0 saturated heterocycles. The zero-order valence-corrected chi connectivity index (χ0v) is 26.4. The Balaban J connectivity index is -0.000000410. The van der Waals surface area contributed by atoms with Crippen LogP contribution in [0.25, 0.3) is 0 Å². The first-order valence-corrected chi connectivity index (χ1v) is 14.4. The van der Waals surface area contributed by atoms with Gasteiger partial charge in [0.2, 0.25) is 0 Å². The highest BCUT2D eigenvalue weighted by Crippen LogP contribution is 2.26. The minimum Gasteiger partial charge on any atom is -0.253 e. The molecule has 3 aromatic heterocycles. The van der Waals surface area contributed by atoms with E-state index < -0.39 is 0 Å². The highest BCUT2D eigenvalue weighted by Gasteiger charge is 2.15. The first-order valence-electron chi connectivity index (χ1n) is 13.4. The Morgan fingerprint density at radius 3 is 1.33 bits per heavy atom. The average Bonchev–Trinajstić information content (AvgIpc) is 3.53. The summed E-state index contributed by atoms with van der Waals surface area (Å²) in [5.74, 6) is 0. The van der Waals surface area contributed by atoms with Crippen molar-refractivity contribution in [1.29, 1.82) is 0 Å². The number of nitrogens with zero attached hydrogens (tertiary/aromatic N) is 2. The molecule has 3 heterocycles. The fourth-order valence-corrected chi connectivity index (χ4v) is 3.74. The molecule has 0 amide bonds. The SMILES string of the molecule is CC.CC.CC.[2H]c1ccsc1C(C)(C)C.[2H]c1cnsc1C(C)(C)C.[2H]c1ncsc1C(C)(C)C. The Morgan fingerprint density at radius 2 is 1.15 bits per heavy atom. The third-order valence-corrected chi connectivity index (χ3v) is 6.81. The Labute approximate surface area is 223 Å². The molecule has 33 heavy (non-hydrogen) atoms. The van der Waals surface area contributed by atoms with E-state index in [1.165, 1.54) is 16.4 Å². The van der Waals surface area contributed by atoms with Crippen molar-refractivity contribution >= 4 is 34.2 Å². The van der Waals surface area contributed by atoms with Crippen molar-refractivity contribution in [3.63, 3.8) is 0 Å². The lowest BCUT2D eigenvalue weighted by molar-refractivity contribution is 0.602. The molecule has 192 valence electrons. The number of hydrogen-bond donors (Lipinski definition) is 0. The van der Waals surface area contributed by atoms with Crippen LogP contribution in [-0.4, -0.2) is 9.36 Å². The number of thiophene rings is 1. The van der Waals surface area contributed by atoms with Gasteiger partial charge in [-0.15, -0.1) is 22.7 Å². The average molecular weight is 516 g/mol. The van der Waals surface area contributed by atoms with Crippen molar-refractivity contribution in [3.05, 3.63) is 56.0 Å². The van der Waals surface area contributed by atoms with Crippen molar-refractivity contribution in [2.75, 3.05) is 0 Å². The molecule has 3 rings (SSSR count). The molecule has 0 aliphatic rings. The van der Waals surface area contributed by atoms with Gasteiger partial charge in [0, 0.05) is 27.0 Å². The van der Waals surface area contributed by atoms with Crippen LogP contribution in [-0.2, 0) is 16.2 Å². The van der Waals surface area contributed by atoms with E-state index in [1.807, 2.05) is 53.0 Å². The predicted octanol–water partition coefficient (Wildman–Crippen LogP) is 11.0. The molecule has 5 heteroatoms. The zero-order valence-electron chi connectivity index (χ0n) is 26.9. The molecule has 2 nitrogen and oxygen atoms in total. The molecule has 0 fully saturated rings. The molecule has 0 atom stereocenters. The van der Waals surface area contributed by atoms with Gasteiger partial charge in [0.1, 0.15) is 0 Å². The molecular formula is C28H52N2S3. The minimum atomic E-state index is 0.0816. The summed E-state index contributed by atoms with van der Waals surface area (Å²) in [6, 6.07) is 3.10. The zero-order chi connectivity index (χ0) is 29.3. The van der Waals surface area contributed by atoms with E-state index in [2.05, 4.69) is 71.7 Å². The fourth-order valence-electron chi connectivity index (χ4n) is 1.72. The predicted molar refractivity (Wildman–Crippen MR) is 159 cm³/mol. The molecule has 0 aliphatic carbocycles. The van der Waals surface area contributed by atoms with E-state index in [9.17, 15) is 0 Å². The van der Waals surface area contributed by atoms with Crippen LogP contribution < -0.4 is 0 Å². The number of hydrogen-bond acceptors (Lipinski definition) is 5. The van der Waals surface area contributed by atoms with Crippen molar-refractivity contribution < 1.29 is 4.11 Å². The van der Waals surface area contributed by atoms with Crippen LogP contribution in [0, 0.1) is 0 Å². The highest BCUT2D eigenvalue weighted by atomic mass is 32.1. The molecule has 0 spiro atoms. The summed E-state index contributed by atoms with van der Waals surface area (Å²) in [4.78, 5) is 7.17. The normalized spacial score (nSPS) is 11.5. The van der Waals surface area contributed by atoms with Crippen molar-refractivity contribution in [1.82, 2.24) is 9.36 Å². The number of aromatic nitrogens is 2. The molecule has 0 aliphatic heterocycles. The summed E-state index contributed by atoms with van der Waals surface area (Å²) in [6.07, 6.45) is 2.03. The maximum atomic E-state index is 7.52. The van der Waals surface area contributed by atoms with E-state index in [4.69, 9.17) is 4.11 Å². The monoisotopic (exact) mass is 515 g/mol. The fraction of sp³-hybridized carbons (Fsp3) is 0.643. The summed E-state index contributed by atoms with van der Waals surface area (Å²) in [5.41, 5.74) is 2.03. The Bertz CT molecular complexity index is 790. The minimum absolute atomic E-state index is 0.0816. The second-order valence-electron chi connectivity index (χ2n) is 9.24. The first-order chi connectivity index (χ1) is 16.5. The molecule has 0 saturated carbocycles. The quantitative estimate of drug-likeness (QED) is 0.297. The van der Waals surface area contributed by atoms with Gasteiger partial charge in [0.15, 0.2) is 0 Å². The van der Waals surface area contributed by atoms with Crippen LogP contribution in [0.15, 0.2) is 41.4 Å². The van der Waals surface area contributed by atoms with Gasteiger partial charge in [-0.1, -0.05) is 110 Å². The smallest absolute Gasteiger partial charge is 0.0852 e. The lowest BCUT2D eigenvalue weighted by Gasteiger charge is -2.14. The van der Waals surface area contributed by atoms with Crippen molar-refractivity contribution in [2.24, 2.45) is 0 Å². The topological polar surface area (TPSA) is 25.8 Å². The summed E-state index contributed by atoms with van der Waals surface area (Å²) >= 11 is 4.65. The van der Waals surface area contributed by atoms with Gasteiger partial charge < -0.3 is 0 Å². The van der Waals surface area contributed by atoms with Gasteiger partial charge in [-0.2, -0.15) is 0 Å².